The maximum atomic E-state index is 13.0. The van der Waals surface area contributed by atoms with Crippen molar-refractivity contribution in [2.24, 2.45) is 7.05 Å². The Balaban J connectivity index is 1.66. The number of rotatable bonds is 5. The van der Waals surface area contributed by atoms with Gasteiger partial charge in [-0.2, -0.15) is 0 Å². The predicted octanol–water partition coefficient (Wildman–Crippen LogP) is 3.50. The first-order chi connectivity index (χ1) is 14.4. The number of aryl methyl sites for hydroxylation is 1. The van der Waals surface area contributed by atoms with Crippen LogP contribution in [0.5, 0.6) is 0 Å². The minimum absolute atomic E-state index is 0.183. The highest BCUT2D eigenvalue weighted by Gasteiger charge is 2.18. The summed E-state index contributed by atoms with van der Waals surface area (Å²) in [6, 6.07) is 18.6. The molecule has 0 atom stereocenters. The first kappa shape index (κ1) is 20.3. The Morgan fingerprint density at radius 1 is 1.03 bits per heavy atom. The lowest BCUT2D eigenvalue weighted by molar-refractivity contribution is 0.0955. The molecule has 30 heavy (non-hydrogen) atoms. The molecule has 0 unspecified atom stereocenters. The molecule has 2 aromatic heterocycles. The number of halogens is 1. The highest BCUT2D eigenvalue weighted by Crippen LogP contribution is 2.22. The molecule has 4 aromatic rings. The number of carbonyl (C=O) groups is 1. The molecule has 0 bridgehead atoms. The summed E-state index contributed by atoms with van der Waals surface area (Å²) in [7, 11) is 1.62. The number of fused-ring (bicyclic) bond motifs is 1. The van der Waals surface area contributed by atoms with Gasteiger partial charge in [-0.3, -0.25) is 18.7 Å². The molecule has 8 heteroatoms. The van der Waals surface area contributed by atoms with Crippen LogP contribution in [-0.4, -0.2) is 15.0 Å². The van der Waals surface area contributed by atoms with Crippen LogP contribution in [0.2, 0.25) is 0 Å². The summed E-state index contributed by atoms with van der Waals surface area (Å²) >= 11 is 4.55. The van der Waals surface area contributed by atoms with Crippen molar-refractivity contribution in [1.82, 2.24) is 14.5 Å². The Morgan fingerprint density at radius 3 is 2.50 bits per heavy atom. The van der Waals surface area contributed by atoms with Crippen molar-refractivity contribution in [2.45, 2.75) is 13.1 Å². The van der Waals surface area contributed by atoms with Crippen LogP contribution in [0, 0.1) is 0 Å². The maximum absolute atomic E-state index is 13.0. The van der Waals surface area contributed by atoms with Gasteiger partial charge >= 0.3 is 5.69 Å². The maximum Gasteiger partial charge on any atom is 0.332 e. The van der Waals surface area contributed by atoms with E-state index >= 15 is 0 Å². The van der Waals surface area contributed by atoms with Gasteiger partial charge in [-0.05, 0) is 29.3 Å². The van der Waals surface area contributed by atoms with E-state index in [2.05, 4.69) is 21.2 Å². The van der Waals surface area contributed by atoms with Crippen molar-refractivity contribution in [2.75, 3.05) is 0 Å². The van der Waals surface area contributed by atoms with Crippen LogP contribution >= 0.6 is 27.3 Å². The van der Waals surface area contributed by atoms with Gasteiger partial charge < -0.3 is 5.32 Å². The van der Waals surface area contributed by atoms with Crippen molar-refractivity contribution in [1.29, 1.82) is 0 Å². The van der Waals surface area contributed by atoms with E-state index in [1.54, 1.807) is 13.1 Å². The SMILES string of the molecule is Cn1c(=O)n(Cc2ccccc2)c(=O)c2cc(C(=O)NCc3cccc(Br)c3)sc21. The number of nitrogens with zero attached hydrogens (tertiary/aromatic N) is 2. The molecule has 0 aliphatic heterocycles. The monoisotopic (exact) mass is 483 g/mol. The predicted molar refractivity (Wildman–Crippen MR) is 122 cm³/mol. The fraction of sp³-hybridized carbons (Fsp3) is 0.136. The Bertz CT molecular complexity index is 1360. The number of hydrogen-bond acceptors (Lipinski definition) is 4. The Morgan fingerprint density at radius 2 is 1.77 bits per heavy atom. The van der Waals surface area contributed by atoms with Crippen molar-refractivity contribution in [3.8, 4) is 0 Å². The minimum atomic E-state index is -0.403. The van der Waals surface area contributed by atoms with Crippen LogP contribution in [-0.2, 0) is 20.1 Å². The molecule has 2 aromatic carbocycles. The second-order valence-electron chi connectivity index (χ2n) is 6.86. The molecular weight excluding hydrogens is 466 g/mol. The molecule has 152 valence electrons. The Kier molecular flexibility index (Phi) is 5.69. The molecule has 0 radical (unpaired) electrons. The first-order valence-corrected chi connectivity index (χ1v) is 10.8. The van der Waals surface area contributed by atoms with Gasteiger partial charge in [0.05, 0.1) is 16.8 Å². The third-order valence-electron chi connectivity index (χ3n) is 4.76. The molecule has 0 saturated carbocycles. The lowest BCUT2D eigenvalue weighted by Gasteiger charge is -2.08. The number of benzene rings is 2. The van der Waals surface area contributed by atoms with Crippen LogP contribution in [0.3, 0.4) is 0 Å². The van der Waals surface area contributed by atoms with Gasteiger partial charge in [0.15, 0.2) is 0 Å². The highest BCUT2D eigenvalue weighted by molar-refractivity contribution is 9.10. The number of hydrogen-bond donors (Lipinski definition) is 1. The van der Waals surface area contributed by atoms with E-state index in [9.17, 15) is 14.4 Å². The van der Waals surface area contributed by atoms with Gasteiger partial charge in [0, 0.05) is 18.1 Å². The standard InChI is InChI=1S/C22H18BrN3O3S/c1-25-21-17(20(28)26(22(25)29)13-14-6-3-2-4-7-14)11-18(30-21)19(27)24-12-15-8-5-9-16(23)10-15/h2-11H,12-13H2,1H3,(H,24,27). The molecule has 0 aliphatic carbocycles. The summed E-state index contributed by atoms with van der Waals surface area (Å²) < 4.78 is 3.56. The second kappa shape index (κ2) is 8.41. The van der Waals surface area contributed by atoms with E-state index < -0.39 is 5.69 Å². The molecule has 4 rings (SSSR count). The van der Waals surface area contributed by atoms with E-state index in [0.717, 1.165) is 26.9 Å². The average Bonchev–Trinajstić information content (AvgIpc) is 3.20. The quantitative estimate of drug-likeness (QED) is 0.472. The van der Waals surface area contributed by atoms with Crippen LogP contribution in [0.1, 0.15) is 20.8 Å². The Hall–Kier alpha value is -2.97. The van der Waals surface area contributed by atoms with Gasteiger partial charge in [0.1, 0.15) is 4.83 Å². The molecule has 0 aliphatic rings. The van der Waals surface area contributed by atoms with Crippen LogP contribution < -0.4 is 16.6 Å². The van der Waals surface area contributed by atoms with E-state index in [1.807, 2.05) is 54.6 Å². The smallest absolute Gasteiger partial charge is 0.332 e. The van der Waals surface area contributed by atoms with Gasteiger partial charge in [-0.15, -0.1) is 11.3 Å². The van der Waals surface area contributed by atoms with E-state index in [1.165, 1.54) is 9.13 Å². The number of amides is 1. The third-order valence-corrected chi connectivity index (χ3v) is 6.46. The number of aromatic nitrogens is 2. The third kappa shape index (κ3) is 4.01. The van der Waals surface area contributed by atoms with E-state index in [4.69, 9.17) is 0 Å². The summed E-state index contributed by atoms with van der Waals surface area (Å²) in [6.45, 7) is 0.548. The van der Waals surface area contributed by atoms with Crippen molar-refractivity contribution in [3.63, 3.8) is 0 Å². The average molecular weight is 484 g/mol. The molecule has 1 N–H and O–H groups in total. The number of carbonyl (C=O) groups excluding carboxylic acids is 1. The lowest BCUT2D eigenvalue weighted by atomic mass is 10.2. The van der Waals surface area contributed by atoms with Gasteiger partial charge in [0.25, 0.3) is 11.5 Å². The Labute approximate surface area is 184 Å². The zero-order valence-electron chi connectivity index (χ0n) is 16.1. The van der Waals surface area contributed by atoms with Crippen molar-refractivity contribution >= 4 is 43.4 Å². The zero-order valence-corrected chi connectivity index (χ0v) is 18.5. The van der Waals surface area contributed by atoms with Crippen LogP contribution in [0.25, 0.3) is 10.2 Å². The van der Waals surface area contributed by atoms with Gasteiger partial charge in [-0.25, -0.2) is 4.79 Å². The lowest BCUT2D eigenvalue weighted by Crippen LogP contribution is -2.38. The van der Waals surface area contributed by atoms with Crippen molar-refractivity contribution < 1.29 is 4.79 Å². The summed E-state index contributed by atoms with van der Waals surface area (Å²) in [5.41, 5.74) is 1.02. The van der Waals surface area contributed by atoms with Crippen molar-refractivity contribution in [3.05, 3.63) is 102 Å². The molecule has 1 amide bonds. The van der Waals surface area contributed by atoms with Gasteiger partial charge in [0.2, 0.25) is 0 Å². The minimum Gasteiger partial charge on any atom is -0.347 e. The fourth-order valence-corrected chi connectivity index (χ4v) is 4.69. The molecule has 0 saturated heterocycles. The van der Waals surface area contributed by atoms with E-state index in [-0.39, 0.29) is 18.0 Å². The summed E-state index contributed by atoms with van der Waals surface area (Å²) in [4.78, 5) is 39.3. The summed E-state index contributed by atoms with van der Waals surface area (Å²) in [5.74, 6) is -0.280. The largest absolute Gasteiger partial charge is 0.347 e. The molecular formula is C22H18BrN3O3S. The molecule has 0 spiro atoms. The summed E-state index contributed by atoms with van der Waals surface area (Å²) in [6.07, 6.45) is 0. The van der Waals surface area contributed by atoms with E-state index in [0.29, 0.717) is 21.6 Å². The first-order valence-electron chi connectivity index (χ1n) is 9.24. The molecule has 0 fully saturated rings. The zero-order chi connectivity index (χ0) is 21.3. The van der Waals surface area contributed by atoms with Crippen LogP contribution in [0.15, 0.2) is 74.7 Å². The number of nitrogens with one attached hydrogen (secondary N) is 1. The number of thiophene rings is 1. The molecule has 6 nitrogen and oxygen atoms in total. The van der Waals surface area contributed by atoms with Gasteiger partial charge in [-0.1, -0.05) is 58.4 Å². The van der Waals surface area contributed by atoms with Crippen LogP contribution in [0.4, 0.5) is 0 Å². The molecule has 2 heterocycles. The summed E-state index contributed by atoms with van der Waals surface area (Å²) in [5, 5.41) is 3.23. The highest BCUT2D eigenvalue weighted by atomic mass is 79.9. The second-order valence-corrected chi connectivity index (χ2v) is 8.81. The normalized spacial score (nSPS) is 11.0. The fourth-order valence-electron chi connectivity index (χ4n) is 3.22. The topological polar surface area (TPSA) is 73.1 Å².